The quantitative estimate of drug-likeness (QED) is 0.870. The van der Waals surface area contributed by atoms with E-state index in [2.05, 4.69) is 5.32 Å². The van der Waals surface area contributed by atoms with Crippen LogP contribution in [0.3, 0.4) is 0 Å². The highest BCUT2D eigenvalue weighted by Gasteiger charge is 2.25. The van der Waals surface area contributed by atoms with Crippen LogP contribution < -0.4 is 16.0 Å². The molecule has 130 valence electrons. The van der Waals surface area contributed by atoms with Crippen LogP contribution >= 0.6 is 0 Å². The maximum Gasteiger partial charge on any atom is 0.258 e. The third kappa shape index (κ3) is 3.70. The molecule has 6 heteroatoms. The van der Waals surface area contributed by atoms with Crippen LogP contribution in [-0.4, -0.2) is 38.1 Å². The highest BCUT2D eigenvalue weighted by atomic mass is 16.5. The van der Waals surface area contributed by atoms with Crippen molar-refractivity contribution in [1.82, 2.24) is 0 Å². The van der Waals surface area contributed by atoms with E-state index in [0.29, 0.717) is 17.8 Å². The minimum absolute atomic E-state index is 0.0427. The SMILES string of the molecule is COCC(N)C(=O)Nc1ccc(C(=O)N2CCc3ccccc32)cc1. The van der Waals surface area contributed by atoms with Gasteiger partial charge in [0.2, 0.25) is 5.91 Å². The highest BCUT2D eigenvalue weighted by Crippen LogP contribution is 2.29. The van der Waals surface area contributed by atoms with Crippen molar-refractivity contribution in [2.75, 3.05) is 30.5 Å². The maximum atomic E-state index is 12.7. The number of nitrogens with one attached hydrogen (secondary N) is 1. The summed E-state index contributed by atoms with van der Waals surface area (Å²) < 4.78 is 4.86. The Bertz CT molecular complexity index is 774. The predicted octanol–water partition coefficient (Wildman–Crippen LogP) is 1.80. The van der Waals surface area contributed by atoms with Crippen molar-refractivity contribution < 1.29 is 14.3 Å². The van der Waals surface area contributed by atoms with Gasteiger partial charge in [0, 0.05) is 30.6 Å². The van der Waals surface area contributed by atoms with Gasteiger partial charge < -0.3 is 20.7 Å². The number of methoxy groups -OCH3 is 1. The zero-order valence-corrected chi connectivity index (χ0v) is 14.1. The minimum atomic E-state index is -0.729. The smallest absolute Gasteiger partial charge is 0.258 e. The normalized spacial score (nSPS) is 14.1. The Morgan fingerprint density at radius 2 is 1.92 bits per heavy atom. The molecule has 0 bridgehead atoms. The first-order valence-corrected chi connectivity index (χ1v) is 8.15. The van der Waals surface area contributed by atoms with Crippen molar-refractivity contribution in [2.24, 2.45) is 5.73 Å². The first kappa shape index (κ1) is 17.1. The molecule has 0 aliphatic carbocycles. The van der Waals surface area contributed by atoms with Crippen molar-refractivity contribution >= 4 is 23.2 Å². The molecule has 2 aromatic rings. The number of hydrogen-bond donors (Lipinski definition) is 2. The van der Waals surface area contributed by atoms with Gasteiger partial charge in [0.1, 0.15) is 6.04 Å². The molecular formula is C19H21N3O3. The average molecular weight is 339 g/mol. The van der Waals surface area contributed by atoms with E-state index in [1.165, 1.54) is 12.7 Å². The van der Waals surface area contributed by atoms with Gasteiger partial charge in [0.25, 0.3) is 5.91 Å². The van der Waals surface area contributed by atoms with Gasteiger partial charge in [-0.2, -0.15) is 0 Å². The molecule has 0 fully saturated rings. The van der Waals surface area contributed by atoms with Gasteiger partial charge in [-0.25, -0.2) is 0 Å². The van der Waals surface area contributed by atoms with Crippen LogP contribution in [0.2, 0.25) is 0 Å². The maximum absolute atomic E-state index is 12.7. The summed E-state index contributed by atoms with van der Waals surface area (Å²) in [6, 6.07) is 14.0. The Morgan fingerprint density at radius 1 is 1.20 bits per heavy atom. The van der Waals surface area contributed by atoms with Gasteiger partial charge in [0.15, 0.2) is 0 Å². The molecule has 0 radical (unpaired) electrons. The number of carbonyl (C=O) groups is 2. The zero-order chi connectivity index (χ0) is 17.8. The second-order valence-corrected chi connectivity index (χ2v) is 5.96. The number of amides is 2. The molecule has 0 spiro atoms. The lowest BCUT2D eigenvalue weighted by Gasteiger charge is -2.17. The molecule has 2 amide bonds. The van der Waals surface area contributed by atoms with Gasteiger partial charge in [-0.05, 0) is 42.3 Å². The molecule has 25 heavy (non-hydrogen) atoms. The third-order valence-electron chi connectivity index (χ3n) is 4.21. The van der Waals surface area contributed by atoms with Gasteiger partial charge in [-0.1, -0.05) is 18.2 Å². The highest BCUT2D eigenvalue weighted by molar-refractivity contribution is 6.07. The molecular weight excluding hydrogens is 318 g/mol. The number of nitrogens with two attached hydrogens (primary N) is 1. The number of fused-ring (bicyclic) bond motifs is 1. The predicted molar refractivity (Wildman–Crippen MR) is 96.7 cm³/mol. The lowest BCUT2D eigenvalue weighted by molar-refractivity contribution is -0.118. The molecule has 1 aliphatic rings. The molecule has 3 rings (SSSR count). The lowest BCUT2D eigenvalue weighted by Crippen LogP contribution is -2.39. The van der Waals surface area contributed by atoms with E-state index in [-0.39, 0.29) is 18.4 Å². The Hall–Kier alpha value is -2.70. The number of benzene rings is 2. The third-order valence-corrected chi connectivity index (χ3v) is 4.21. The van der Waals surface area contributed by atoms with Gasteiger partial charge in [0.05, 0.1) is 6.61 Å². The molecule has 0 saturated carbocycles. The Morgan fingerprint density at radius 3 is 2.64 bits per heavy atom. The van der Waals surface area contributed by atoms with Crippen LogP contribution in [-0.2, 0) is 16.0 Å². The summed E-state index contributed by atoms with van der Waals surface area (Å²) >= 11 is 0. The minimum Gasteiger partial charge on any atom is -0.383 e. The van der Waals surface area contributed by atoms with Crippen LogP contribution in [0.5, 0.6) is 0 Å². The summed E-state index contributed by atoms with van der Waals surface area (Å²) in [6.45, 7) is 0.833. The summed E-state index contributed by atoms with van der Waals surface area (Å²) in [6.07, 6.45) is 0.868. The van der Waals surface area contributed by atoms with E-state index < -0.39 is 6.04 Å². The van der Waals surface area contributed by atoms with Gasteiger partial charge in [-0.15, -0.1) is 0 Å². The van der Waals surface area contributed by atoms with E-state index in [1.807, 2.05) is 24.3 Å². The second kappa shape index (κ2) is 7.46. The molecule has 0 saturated heterocycles. The summed E-state index contributed by atoms with van der Waals surface area (Å²) in [4.78, 5) is 26.4. The van der Waals surface area contributed by atoms with E-state index in [9.17, 15) is 9.59 Å². The number of rotatable bonds is 5. The fourth-order valence-corrected chi connectivity index (χ4v) is 2.89. The monoisotopic (exact) mass is 339 g/mol. The molecule has 2 aromatic carbocycles. The van der Waals surface area contributed by atoms with E-state index >= 15 is 0 Å². The summed E-state index contributed by atoms with van der Waals surface area (Å²) in [7, 11) is 1.49. The zero-order valence-electron chi connectivity index (χ0n) is 14.1. The number of ether oxygens (including phenoxy) is 1. The first-order valence-electron chi connectivity index (χ1n) is 8.15. The molecule has 1 atom stereocenters. The molecule has 1 aliphatic heterocycles. The van der Waals surface area contributed by atoms with Crippen molar-refractivity contribution in [3.63, 3.8) is 0 Å². The summed E-state index contributed by atoms with van der Waals surface area (Å²) in [5.74, 6) is -0.367. The van der Waals surface area contributed by atoms with E-state index in [0.717, 1.165) is 12.1 Å². The fourth-order valence-electron chi connectivity index (χ4n) is 2.89. The van der Waals surface area contributed by atoms with E-state index in [1.54, 1.807) is 29.2 Å². The van der Waals surface area contributed by atoms with Crippen molar-refractivity contribution in [3.05, 3.63) is 59.7 Å². The van der Waals surface area contributed by atoms with Crippen LogP contribution in [0.1, 0.15) is 15.9 Å². The molecule has 6 nitrogen and oxygen atoms in total. The van der Waals surface area contributed by atoms with Crippen molar-refractivity contribution in [1.29, 1.82) is 0 Å². The van der Waals surface area contributed by atoms with Crippen LogP contribution in [0.4, 0.5) is 11.4 Å². The molecule has 1 heterocycles. The van der Waals surface area contributed by atoms with Gasteiger partial charge >= 0.3 is 0 Å². The van der Waals surface area contributed by atoms with Crippen LogP contribution in [0.15, 0.2) is 48.5 Å². The average Bonchev–Trinajstić information content (AvgIpc) is 3.06. The fraction of sp³-hybridized carbons (Fsp3) is 0.263. The summed E-state index contributed by atoms with van der Waals surface area (Å²) in [5.41, 5.74) is 9.01. The van der Waals surface area contributed by atoms with Crippen molar-refractivity contribution in [3.8, 4) is 0 Å². The lowest BCUT2D eigenvalue weighted by atomic mass is 10.1. The molecule has 3 N–H and O–H groups in total. The topological polar surface area (TPSA) is 84.7 Å². The van der Waals surface area contributed by atoms with Gasteiger partial charge in [-0.3, -0.25) is 9.59 Å². The number of carbonyl (C=O) groups excluding carboxylic acids is 2. The Labute approximate surface area is 146 Å². The number of nitrogens with zero attached hydrogens (tertiary/aromatic N) is 1. The number of hydrogen-bond acceptors (Lipinski definition) is 4. The molecule has 0 aromatic heterocycles. The Balaban J connectivity index is 1.69. The van der Waals surface area contributed by atoms with E-state index in [4.69, 9.17) is 10.5 Å². The van der Waals surface area contributed by atoms with Crippen molar-refractivity contribution in [2.45, 2.75) is 12.5 Å². The molecule has 1 unspecified atom stereocenters. The Kier molecular flexibility index (Phi) is 5.11. The first-order chi connectivity index (χ1) is 12.1. The largest absolute Gasteiger partial charge is 0.383 e. The number of anilines is 2. The summed E-state index contributed by atoms with van der Waals surface area (Å²) in [5, 5.41) is 2.71. The van der Waals surface area contributed by atoms with Crippen LogP contribution in [0.25, 0.3) is 0 Å². The van der Waals surface area contributed by atoms with Crippen LogP contribution in [0, 0.1) is 0 Å². The standard InChI is InChI=1S/C19H21N3O3/c1-25-12-16(20)18(23)21-15-8-6-14(7-9-15)19(24)22-11-10-13-4-2-3-5-17(13)22/h2-9,16H,10-12,20H2,1H3,(H,21,23). The number of para-hydroxylation sites is 1. The second-order valence-electron chi connectivity index (χ2n) is 5.96.